The summed E-state index contributed by atoms with van der Waals surface area (Å²) in [6.07, 6.45) is 5.43. The predicted octanol–water partition coefficient (Wildman–Crippen LogP) is 4.30. The lowest BCUT2D eigenvalue weighted by atomic mass is 9.79. The number of hydrogen-bond acceptors (Lipinski definition) is 2. The zero-order valence-electron chi connectivity index (χ0n) is 11.2. The fraction of sp³-hybridized carbons (Fsp3) is 0.600. The molecule has 1 atom stereocenters. The van der Waals surface area contributed by atoms with E-state index in [4.69, 9.17) is 4.74 Å². The highest BCUT2D eigenvalue weighted by Crippen LogP contribution is 2.37. The average molecular weight is 312 g/mol. The van der Waals surface area contributed by atoms with Gasteiger partial charge < -0.3 is 10.1 Å². The van der Waals surface area contributed by atoms with Gasteiger partial charge in [0.1, 0.15) is 5.75 Å². The van der Waals surface area contributed by atoms with Gasteiger partial charge in [0.2, 0.25) is 0 Å². The Morgan fingerprint density at radius 2 is 2.22 bits per heavy atom. The quantitative estimate of drug-likeness (QED) is 0.845. The topological polar surface area (TPSA) is 21.3 Å². The van der Waals surface area contributed by atoms with Crippen LogP contribution in [0.15, 0.2) is 22.7 Å². The van der Waals surface area contributed by atoms with Crippen molar-refractivity contribution in [2.75, 3.05) is 13.7 Å². The maximum Gasteiger partial charge on any atom is 0.119 e. The molecule has 2 nitrogen and oxygen atoms in total. The van der Waals surface area contributed by atoms with Crippen LogP contribution in [-0.4, -0.2) is 13.7 Å². The lowest BCUT2D eigenvalue weighted by molar-refractivity contribution is 0.262. The first-order chi connectivity index (χ1) is 8.74. The van der Waals surface area contributed by atoms with E-state index in [0.717, 1.165) is 18.2 Å². The Labute approximate surface area is 118 Å². The van der Waals surface area contributed by atoms with E-state index in [0.29, 0.717) is 6.04 Å². The number of rotatable bonds is 6. The first-order valence-electron chi connectivity index (χ1n) is 6.81. The Kier molecular flexibility index (Phi) is 5.07. The van der Waals surface area contributed by atoms with Crippen LogP contribution in [0.1, 0.15) is 44.2 Å². The van der Waals surface area contributed by atoms with E-state index < -0.39 is 0 Å². The van der Waals surface area contributed by atoms with Crippen LogP contribution in [0.5, 0.6) is 5.75 Å². The van der Waals surface area contributed by atoms with Gasteiger partial charge in [-0.3, -0.25) is 0 Å². The minimum Gasteiger partial charge on any atom is -0.497 e. The summed E-state index contributed by atoms with van der Waals surface area (Å²) in [6, 6.07) is 6.67. The molecule has 0 saturated heterocycles. The molecule has 0 amide bonds. The number of methoxy groups -OCH3 is 1. The van der Waals surface area contributed by atoms with Gasteiger partial charge in [-0.15, -0.1) is 0 Å². The van der Waals surface area contributed by atoms with Crippen LogP contribution in [0.25, 0.3) is 0 Å². The van der Waals surface area contributed by atoms with E-state index in [9.17, 15) is 0 Å². The summed E-state index contributed by atoms with van der Waals surface area (Å²) < 4.78 is 6.51. The maximum atomic E-state index is 5.33. The van der Waals surface area contributed by atoms with Gasteiger partial charge in [-0.25, -0.2) is 0 Å². The summed E-state index contributed by atoms with van der Waals surface area (Å²) in [7, 11) is 1.72. The molecule has 1 unspecified atom stereocenters. The largest absolute Gasteiger partial charge is 0.497 e. The third-order valence-electron chi connectivity index (χ3n) is 3.82. The molecule has 0 radical (unpaired) electrons. The monoisotopic (exact) mass is 311 g/mol. The Balaban J connectivity index is 2.16. The zero-order valence-corrected chi connectivity index (χ0v) is 12.8. The molecule has 1 aromatic rings. The smallest absolute Gasteiger partial charge is 0.119 e. The van der Waals surface area contributed by atoms with Gasteiger partial charge in [0.25, 0.3) is 0 Å². The second-order valence-electron chi connectivity index (χ2n) is 5.03. The molecule has 2 rings (SSSR count). The Morgan fingerprint density at radius 1 is 1.44 bits per heavy atom. The summed E-state index contributed by atoms with van der Waals surface area (Å²) in [6.45, 7) is 3.17. The number of benzene rings is 1. The molecule has 18 heavy (non-hydrogen) atoms. The van der Waals surface area contributed by atoms with Crippen LogP contribution >= 0.6 is 15.9 Å². The van der Waals surface area contributed by atoms with E-state index in [-0.39, 0.29) is 0 Å². The van der Waals surface area contributed by atoms with Gasteiger partial charge >= 0.3 is 0 Å². The molecule has 3 heteroatoms. The molecule has 1 saturated carbocycles. The van der Waals surface area contributed by atoms with E-state index in [1.165, 1.54) is 35.7 Å². The highest BCUT2D eigenvalue weighted by atomic mass is 79.9. The minimum absolute atomic E-state index is 0.435. The molecule has 1 N–H and O–H groups in total. The van der Waals surface area contributed by atoms with Crippen LogP contribution < -0.4 is 10.1 Å². The molecule has 0 bridgehead atoms. The Morgan fingerprint density at radius 3 is 2.78 bits per heavy atom. The predicted molar refractivity (Wildman–Crippen MR) is 79.1 cm³/mol. The van der Waals surface area contributed by atoms with Crippen LogP contribution in [0.3, 0.4) is 0 Å². The van der Waals surface area contributed by atoms with Crippen LogP contribution in [0.4, 0.5) is 0 Å². The maximum absolute atomic E-state index is 5.33. The fourth-order valence-electron chi connectivity index (χ4n) is 2.54. The van der Waals surface area contributed by atoms with Crippen molar-refractivity contribution in [1.29, 1.82) is 0 Å². The Hall–Kier alpha value is -0.540. The lowest BCUT2D eigenvalue weighted by Crippen LogP contribution is -2.26. The van der Waals surface area contributed by atoms with Gasteiger partial charge in [-0.05, 0) is 42.6 Å². The molecule has 0 heterocycles. The summed E-state index contributed by atoms with van der Waals surface area (Å²) in [4.78, 5) is 0. The van der Waals surface area contributed by atoms with Crippen molar-refractivity contribution in [3.8, 4) is 5.75 Å². The van der Waals surface area contributed by atoms with E-state index in [1.54, 1.807) is 7.11 Å². The minimum atomic E-state index is 0.435. The third-order valence-corrected chi connectivity index (χ3v) is 4.55. The standard InChI is InChI=1S/C15H22BrNO/c1-3-17-15(9-11-5-4-6-11)13-10-12(18-2)7-8-14(13)16/h7-8,10-11,15,17H,3-6,9H2,1-2H3. The van der Waals surface area contributed by atoms with Crippen molar-refractivity contribution in [3.05, 3.63) is 28.2 Å². The summed E-state index contributed by atoms with van der Waals surface area (Å²) in [5.74, 6) is 1.83. The molecule has 1 aromatic carbocycles. The second-order valence-corrected chi connectivity index (χ2v) is 5.88. The van der Waals surface area contributed by atoms with Crippen molar-refractivity contribution in [1.82, 2.24) is 5.32 Å². The molecule has 1 aliphatic rings. The SMILES string of the molecule is CCNC(CC1CCC1)c1cc(OC)ccc1Br. The van der Waals surface area contributed by atoms with Gasteiger partial charge in [0.05, 0.1) is 7.11 Å². The summed E-state index contributed by atoms with van der Waals surface area (Å²) >= 11 is 3.66. The van der Waals surface area contributed by atoms with Crippen molar-refractivity contribution in [2.45, 2.75) is 38.6 Å². The Bertz CT molecular complexity index is 390. The first kappa shape index (κ1) is 13.9. The van der Waals surface area contributed by atoms with Crippen molar-refractivity contribution < 1.29 is 4.74 Å². The van der Waals surface area contributed by atoms with Gasteiger partial charge in [-0.1, -0.05) is 42.1 Å². The molecule has 0 spiro atoms. The van der Waals surface area contributed by atoms with Gasteiger partial charge in [0, 0.05) is 10.5 Å². The third kappa shape index (κ3) is 3.27. The van der Waals surface area contributed by atoms with Crippen LogP contribution in [0, 0.1) is 5.92 Å². The zero-order chi connectivity index (χ0) is 13.0. The van der Waals surface area contributed by atoms with E-state index in [1.807, 2.05) is 6.07 Å². The lowest BCUT2D eigenvalue weighted by Gasteiger charge is -2.31. The first-order valence-corrected chi connectivity index (χ1v) is 7.60. The molecular weight excluding hydrogens is 290 g/mol. The molecule has 0 aromatic heterocycles. The number of nitrogens with one attached hydrogen (secondary N) is 1. The number of ether oxygens (including phenoxy) is 1. The molecular formula is C15H22BrNO. The molecule has 0 aliphatic heterocycles. The number of halogens is 1. The van der Waals surface area contributed by atoms with E-state index in [2.05, 4.69) is 40.3 Å². The van der Waals surface area contributed by atoms with E-state index >= 15 is 0 Å². The highest BCUT2D eigenvalue weighted by molar-refractivity contribution is 9.10. The van der Waals surface area contributed by atoms with Crippen molar-refractivity contribution in [2.24, 2.45) is 5.92 Å². The van der Waals surface area contributed by atoms with Crippen molar-refractivity contribution >= 4 is 15.9 Å². The summed E-state index contributed by atoms with van der Waals surface area (Å²) in [5, 5.41) is 3.60. The van der Waals surface area contributed by atoms with Crippen LogP contribution in [-0.2, 0) is 0 Å². The van der Waals surface area contributed by atoms with Crippen molar-refractivity contribution in [3.63, 3.8) is 0 Å². The average Bonchev–Trinajstić information content (AvgIpc) is 2.33. The molecule has 1 aliphatic carbocycles. The highest BCUT2D eigenvalue weighted by Gasteiger charge is 2.24. The van der Waals surface area contributed by atoms with Gasteiger partial charge in [-0.2, -0.15) is 0 Å². The van der Waals surface area contributed by atoms with Crippen LogP contribution in [0.2, 0.25) is 0 Å². The second kappa shape index (κ2) is 6.58. The molecule has 100 valence electrons. The summed E-state index contributed by atoms with van der Waals surface area (Å²) in [5.41, 5.74) is 1.32. The van der Waals surface area contributed by atoms with Gasteiger partial charge in [0.15, 0.2) is 0 Å². The molecule has 1 fully saturated rings. The fourth-order valence-corrected chi connectivity index (χ4v) is 3.07. The normalized spacial score (nSPS) is 17.3. The number of hydrogen-bond donors (Lipinski definition) is 1.